The Hall–Kier alpha value is -8.92. The molecule has 0 radical (unpaired) electrons. The van der Waals surface area contributed by atoms with Crippen LogP contribution in [0.25, 0.3) is 0 Å². The highest BCUT2D eigenvalue weighted by atomic mass is 15.8. The summed E-state index contributed by atoms with van der Waals surface area (Å²) in [6, 6.07) is 55.1. The summed E-state index contributed by atoms with van der Waals surface area (Å²) in [6.07, 6.45) is 4.60. The van der Waals surface area contributed by atoms with Gasteiger partial charge in [0.15, 0.2) is 0 Å². The highest BCUT2D eigenvalue weighted by molar-refractivity contribution is 5.92. The van der Waals surface area contributed by atoms with Crippen LogP contribution in [0.1, 0.15) is 168 Å². The average Bonchev–Trinajstić information content (AvgIpc) is 1.54. The fourth-order valence-corrected chi connectivity index (χ4v) is 16.1. The predicted molar refractivity (Wildman–Crippen MR) is 397 cm³/mol. The van der Waals surface area contributed by atoms with Crippen molar-refractivity contribution < 1.29 is 0 Å². The number of hydrogen-bond donors (Lipinski definition) is 1. The maximum Gasteiger partial charge on any atom is 0.149 e. The van der Waals surface area contributed by atoms with Gasteiger partial charge in [0.1, 0.15) is 34.6 Å². The van der Waals surface area contributed by atoms with Gasteiger partial charge in [-0.05, 0) is 204 Å². The molecule has 93 heavy (non-hydrogen) atoms. The van der Waals surface area contributed by atoms with E-state index in [1.54, 1.807) is 0 Å². The van der Waals surface area contributed by atoms with Gasteiger partial charge in [0.05, 0.1) is 22.7 Å². The van der Waals surface area contributed by atoms with E-state index >= 15 is 0 Å². The van der Waals surface area contributed by atoms with Crippen LogP contribution in [-0.2, 0) is 0 Å². The molecule has 0 atom stereocenters. The van der Waals surface area contributed by atoms with Gasteiger partial charge in [-0.15, -0.1) is 5.53 Å². The molecule has 0 amide bonds. The van der Waals surface area contributed by atoms with Crippen LogP contribution >= 0.6 is 0 Å². The minimum atomic E-state index is 0.227. The van der Waals surface area contributed by atoms with Gasteiger partial charge >= 0.3 is 0 Å². The Labute approximate surface area is 557 Å². The number of nitrogens with zero attached hydrogens (tertiary/aromatic N) is 8. The van der Waals surface area contributed by atoms with Crippen LogP contribution < -0.4 is 45.0 Å². The van der Waals surface area contributed by atoms with Gasteiger partial charge in [0, 0.05) is 55.1 Å². The van der Waals surface area contributed by atoms with Crippen LogP contribution in [0.2, 0.25) is 0 Å². The first-order valence-corrected chi connectivity index (χ1v) is 34.1. The van der Waals surface area contributed by atoms with E-state index in [0.717, 1.165) is 83.5 Å². The Morgan fingerprint density at radius 2 is 0.602 bits per heavy atom. The van der Waals surface area contributed by atoms with E-state index in [9.17, 15) is 0 Å². The van der Waals surface area contributed by atoms with Crippen molar-refractivity contribution in [2.45, 2.75) is 162 Å². The lowest BCUT2D eigenvalue weighted by atomic mass is 9.91. The lowest BCUT2D eigenvalue weighted by molar-refractivity contribution is 0.670. The van der Waals surface area contributed by atoms with Gasteiger partial charge in [-0.3, -0.25) is 19.8 Å². The van der Waals surface area contributed by atoms with E-state index in [2.05, 4.69) is 341 Å². The predicted octanol–water partition coefficient (Wildman–Crippen LogP) is 20.7. The minimum Gasteiger partial charge on any atom is -0.324 e. The van der Waals surface area contributed by atoms with Crippen molar-refractivity contribution >= 4 is 45.5 Å². The van der Waals surface area contributed by atoms with Crippen molar-refractivity contribution in [3.05, 3.63) is 281 Å². The molecule has 8 aromatic rings. The normalized spacial score (nSPS) is 16.3. The Kier molecular flexibility index (Phi) is 17.6. The largest absolute Gasteiger partial charge is 0.324 e. The van der Waals surface area contributed by atoms with Gasteiger partial charge in [-0.1, -0.05) is 199 Å². The molecule has 9 nitrogen and oxygen atoms in total. The Morgan fingerprint density at radius 3 is 0.914 bits per heavy atom. The maximum absolute atomic E-state index is 4.06. The fraction of sp³-hybridized carbons (Fsp3) is 0.333. The lowest BCUT2D eigenvalue weighted by Gasteiger charge is -2.40. The van der Waals surface area contributed by atoms with Crippen LogP contribution in [0.5, 0.6) is 0 Å². The summed E-state index contributed by atoms with van der Waals surface area (Å²) in [7, 11) is 0. The number of nitrogens with one attached hydrogen (secondary N) is 1. The van der Waals surface area contributed by atoms with Gasteiger partial charge in [0.2, 0.25) is 0 Å². The zero-order valence-corrected chi connectivity index (χ0v) is 59.2. The highest BCUT2D eigenvalue weighted by Crippen LogP contribution is 2.57. The molecule has 0 bridgehead atoms. The number of para-hydroxylation sites is 4. The van der Waals surface area contributed by atoms with E-state index in [1.165, 1.54) is 112 Å². The van der Waals surface area contributed by atoms with E-state index in [1.807, 2.05) is 0 Å². The third kappa shape index (κ3) is 11.5. The molecule has 3 fully saturated rings. The Morgan fingerprint density at radius 1 is 0.312 bits per heavy atom. The lowest BCUT2D eigenvalue weighted by Crippen LogP contribution is -2.51. The van der Waals surface area contributed by atoms with E-state index in [-0.39, 0.29) is 23.7 Å². The number of anilines is 8. The molecule has 0 unspecified atom stereocenters. The van der Waals surface area contributed by atoms with Crippen molar-refractivity contribution in [1.29, 1.82) is 0 Å². The molecule has 4 aliphatic heterocycles. The van der Waals surface area contributed by atoms with Gasteiger partial charge in [-0.2, -0.15) is 0 Å². The van der Waals surface area contributed by atoms with Gasteiger partial charge in [-0.25, -0.2) is 0 Å². The van der Waals surface area contributed by atoms with E-state index in [0.29, 0.717) is 0 Å². The zero-order chi connectivity index (χ0) is 66.2. The summed E-state index contributed by atoms with van der Waals surface area (Å²) in [5.74, 6) is 4.23. The van der Waals surface area contributed by atoms with Crippen LogP contribution in [0, 0.1) is 83.1 Å². The van der Waals surface area contributed by atoms with Crippen molar-refractivity contribution in [2.24, 2.45) is 0 Å². The van der Waals surface area contributed by atoms with E-state index < -0.39 is 0 Å². The third-order valence-corrected chi connectivity index (χ3v) is 19.5. The van der Waals surface area contributed by atoms with Crippen LogP contribution in [0.15, 0.2) is 192 Å². The maximum atomic E-state index is 4.06. The molecule has 0 aromatic heterocycles. The molecule has 0 spiro atoms. The summed E-state index contributed by atoms with van der Waals surface area (Å²) < 4.78 is 0. The topological polar surface area (TPSA) is 38.0 Å². The fourth-order valence-electron chi connectivity index (χ4n) is 16.1. The molecule has 9 heteroatoms. The van der Waals surface area contributed by atoms with Crippen LogP contribution in [-0.4, -0.2) is 26.2 Å². The van der Waals surface area contributed by atoms with Crippen LogP contribution in [0.4, 0.5) is 45.5 Å². The van der Waals surface area contributed by atoms with E-state index in [4.69, 9.17) is 0 Å². The van der Waals surface area contributed by atoms with Crippen molar-refractivity contribution in [1.82, 2.24) is 5.53 Å². The first kappa shape index (κ1) is 64.2. The van der Waals surface area contributed by atoms with Crippen molar-refractivity contribution in [2.75, 3.05) is 65.6 Å². The Balaban J connectivity index is 1.43. The zero-order valence-electron chi connectivity index (χ0n) is 59.2. The summed E-state index contributed by atoms with van der Waals surface area (Å²) in [6.45, 7) is 49.9. The quantitative estimate of drug-likeness (QED) is 0.129. The molecule has 3 saturated heterocycles. The second-order valence-corrected chi connectivity index (χ2v) is 28.3. The molecule has 0 aliphatic carbocycles. The summed E-state index contributed by atoms with van der Waals surface area (Å²) in [5.41, 5.74) is 36.9. The number of rotatable bonds is 12. The first-order chi connectivity index (χ1) is 44.4. The number of hydrazine groups is 2. The first-order valence-electron chi connectivity index (χ1n) is 34.1. The Bertz CT molecular complexity index is 4040. The molecular weight excluding hydrogens is 1130 g/mol. The second kappa shape index (κ2) is 25.5. The van der Waals surface area contributed by atoms with Crippen molar-refractivity contribution in [3.8, 4) is 0 Å². The molecule has 1 N–H and O–H groups in total. The molecule has 12 rings (SSSR count). The van der Waals surface area contributed by atoms with Crippen LogP contribution in [0.3, 0.4) is 0 Å². The number of aryl methyl sites for hydroxylation is 12. The average molecular weight is 1230 g/mol. The van der Waals surface area contributed by atoms with Gasteiger partial charge in [0.25, 0.3) is 0 Å². The summed E-state index contributed by atoms with van der Waals surface area (Å²) in [5, 5.41) is 4.49. The molecular formula is C84H99N9. The minimum absolute atomic E-state index is 0.227. The summed E-state index contributed by atoms with van der Waals surface area (Å²) >= 11 is 0. The van der Waals surface area contributed by atoms with Gasteiger partial charge < -0.3 is 19.6 Å². The summed E-state index contributed by atoms with van der Waals surface area (Å²) in [4.78, 5) is 16.6. The second-order valence-electron chi connectivity index (χ2n) is 28.3. The molecule has 4 aliphatic rings. The third-order valence-electron chi connectivity index (χ3n) is 19.5. The highest BCUT2D eigenvalue weighted by Gasteiger charge is 2.52. The standard InChI is InChI=1S/C84H99N9/c1-51(2)69-33-27-34-70(52(3)4)78(69)88-41-42-89(79-71(53(5)6)35-28-36-72(79)54(7)8)84(88)81-80(83-86(74-59(13)43-55(9)44-60(74)14)39-40-87(83)75-61(15)45-56(10)46-62(75)16)91(76-63(17)47-57(11)48-64(76)18)82(92(81)77-65(19)49-58(12)50-66(77)20)73-37-38-90(67-29-23-21-24-30-67)85-93(73)68-31-25-22-26-32-68/h21-38,43-54,85H,39-42H2,1-20H3. The monoisotopic (exact) mass is 1230 g/mol. The molecule has 4 heterocycles. The molecule has 8 aromatic carbocycles. The SMILES string of the molecule is Cc1cc(C)c(N2CCN(c3c(C)cc(C)cc3C)C2=C2C(=C3N(c4c(C(C)C)cccc4C(C)C)CCN3c3c(C(C)C)cccc3C(C)C)N(c3c(C)cc(C)cc3C)C(=C3C=CN(c4ccccc4)NN3c3ccccc3)N2c2c(C)cc(C)cc2C)c(C)c1. The molecule has 480 valence electrons. The smallest absolute Gasteiger partial charge is 0.149 e. The number of hydrogen-bond acceptors (Lipinski definition) is 9. The number of allylic oxidation sites excluding steroid dienone is 1. The van der Waals surface area contributed by atoms with Crippen molar-refractivity contribution in [3.63, 3.8) is 0 Å². The molecule has 0 saturated carbocycles. The number of benzene rings is 8.